The van der Waals surface area contributed by atoms with Crippen LogP contribution in [0.4, 0.5) is 11.4 Å². The van der Waals surface area contributed by atoms with Crippen LogP contribution in [0.25, 0.3) is 0 Å². The zero-order chi connectivity index (χ0) is 14.8. The molecule has 21 heavy (non-hydrogen) atoms. The molecule has 0 saturated heterocycles. The smallest absolute Gasteiger partial charge is 0.271 e. The molecule has 6 nitrogen and oxygen atoms in total. The number of hydrogen-bond acceptors (Lipinski definition) is 5. The first-order valence-corrected chi connectivity index (χ1v) is 6.99. The molecule has 1 aliphatic rings. The van der Waals surface area contributed by atoms with E-state index in [9.17, 15) is 10.1 Å². The third-order valence-electron chi connectivity index (χ3n) is 3.08. The molecule has 2 aromatic carbocycles. The van der Waals surface area contributed by atoms with E-state index in [4.69, 9.17) is 9.47 Å². The van der Waals surface area contributed by atoms with Gasteiger partial charge in [0.1, 0.15) is 0 Å². The van der Waals surface area contributed by atoms with Crippen LogP contribution in [0.15, 0.2) is 40.9 Å². The summed E-state index contributed by atoms with van der Waals surface area (Å²) in [5.74, 6) is 1.41. The van der Waals surface area contributed by atoms with Crippen LogP contribution >= 0.6 is 15.9 Å². The molecule has 0 bridgehead atoms. The van der Waals surface area contributed by atoms with Gasteiger partial charge < -0.3 is 14.8 Å². The Morgan fingerprint density at radius 3 is 2.76 bits per heavy atom. The Labute approximate surface area is 129 Å². The third kappa shape index (κ3) is 2.92. The van der Waals surface area contributed by atoms with Gasteiger partial charge >= 0.3 is 0 Å². The summed E-state index contributed by atoms with van der Waals surface area (Å²) in [5, 5.41) is 13.9. The molecule has 2 aromatic rings. The fourth-order valence-electron chi connectivity index (χ4n) is 2.02. The van der Waals surface area contributed by atoms with E-state index in [-0.39, 0.29) is 12.5 Å². The third-order valence-corrected chi connectivity index (χ3v) is 3.82. The van der Waals surface area contributed by atoms with Crippen LogP contribution in [0, 0.1) is 10.1 Å². The van der Waals surface area contributed by atoms with Crippen molar-refractivity contribution in [1.82, 2.24) is 0 Å². The summed E-state index contributed by atoms with van der Waals surface area (Å²) in [6.45, 7) is 0.738. The number of nitro groups is 1. The van der Waals surface area contributed by atoms with Crippen molar-refractivity contribution in [3.8, 4) is 11.5 Å². The predicted octanol–water partition coefficient (Wildman–Crippen LogP) is 3.70. The molecular formula is C14H11BrN2O4. The number of nitrogens with one attached hydrogen (secondary N) is 1. The number of benzene rings is 2. The lowest BCUT2D eigenvalue weighted by molar-refractivity contribution is -0.384. The van der Waals surface area contributed by atoms with E-state index >= 15 is 0 Å². The van der Waals surface area contributed by atoms with Gasteiger partial charge in [-0.3, -0.25) is 10.1 Å². The summed E-state index contributed by atoms with van der Waals surface area (Å²) >= 11 is 3.48. The van der Waals surface area contributed by atoms with Crippen molar-refractivity contribution < 1.29 is 14.4 Å². The summed E-state index contributed by atoms with van der Waals surface area (Å²) in [7, 11) is 0. The van der Waals surface area contributed by atoms with Crippen molar-refractivity contribution in [3.63, 3.8) is 0 Å². The van der Waals surface area contributed by atoms with Gasteiger partial charge in [0.05, 0.1) is 4.92 Å². The standard InChI is InChI=1S/C14H11BrN2O4/c15-12-6-14-13(20-8-21-14)4-9(12)7-16-10-2-1-3-11(5-10)17(18)19/h1-6,16H,7-8H2. The van der Waals surface area contributed by atoms with Crippen molar-refractivity contribution in [2.75, 3.05) is 12.1 Å². The van der Waals surface area contributed by atoms with E-state index in [1.54, 1.807) is 12.1 Å². The molecule has 0 spiro atoms. The van der Waals surface area contributed by atoms with E-state index in [2.05, 4.69) is 21.2 Å². The lowest BCUT2D eigenvalue weighted by Crippen LogP contribution is -2.01. The molecule has 1 N–H and O–H groups in total. The van der Waals surface area contributed by atoms with Gasteiger partial charge in [0.15, 0.2) is 11.5 Å². The zero-order valence-corrected chi connectivity index (χ0v) is 12.4. The second-order valence-electron chi connectivity index (χ2n) is 4.46. The van der Waals surface area contributed by atoms with Gasteiger partial charge in [-0.1, -0.05) is 22.0 Å². The fourth-order valence-corrected chi connectivity index (χ4v) is 2.48. The van der Waals surface area contributed by atoms with Gasteiger partial charge in [-0.05, 0) is 23.8 Å². The molecule has 7 heteroatoms. The SMILES string of the molecule is O=[N+]([O-])c1cccc(NCc2cc3c(cc2Br)OCO3)c1. The van der Waals surface area contributed by atoms with Crippen LogP contribution in [0.2, 0.25) is 0 Å². The van der Waals surface area contributed by atoms with Gasteiger partial charge in [0.2, 0.25) is 6.79 Å². The molecule has 108 valence electrons. The lowest BCUT2D eigenvalue weighted by atomic mass is 10.2. The minimum Gasteiger partial charge on any atom is -0.454 e. The molecular weight excluding hydrogens is 340 g/mol. The molecule has 0 aliphatic carbocycles. The molecule has 0 saturated carbocycles. The number of fused-ring (bicyclic) bond motifs is 1. The number of non-ortho nitro benzene ring substituents is 1. The Balaban J connectivity index is 1.76. The molecule has 0 fully saturated rings. The second-order valence-corrected chi connectivity index (χ2v) is 5.31. The molecule has 0 atom stereocenters. The van der Waals surface area contributed by atoms with Crippen LogP contribution < -0.4 is 14.8 Å². The summed E-state index contributed by atoms with van der Waals surface area (Å²) in [5.41, 5.74) is 1.73. The van der Waals surface area contributed by atoms with E-state index in [1.807, 2.05) is 12.1 Å². The molecule has 3 rings (SSSR count). The Hall–Kier alpha value is -2.28. The Kier molecular flexibility index (Phi) is 3.66. The van der Waals surface area contributed by atoms with Crippen LogP contribution in [-0.2, 0) is 6.54 Å². The van der Waals surface area contributed by atoms with Crippen molar-refractivity contribution in [2.24, 2.45) is 0 Å². The maximum atomic E-state index is 10.7. The van der Waals surface area contributed by atoms with E-state index in [0.29, 0.717) is 23.7 Å². The Morgan fingerprint density at radius 1 is 1.24 bits per heavy atom. The molecule has 1 heterocycles. The van der Waals surface area contributed by atoms with Crippen molar-refractivity contribution in [2.45, 2.75) is 6.54 Å². The zero-order valence-electron chi connectivity index (χ0n) is 10.8. The summed E-state index contributed by atoms with van der Waals surface area (Å²) in [6.07, 6.45) is 0. The van der Waals surface area contributed by atoms with E-state index in [1.165, 1.54) is 12.1 Å². The fraction of sp³-hybridized carbons (Fsp3) is 0.143. The minimum absolute atomic E-state index is 0.0600. The van der Waals surface area contributed by atoms with Crippen LogP contribution in [-0.4, -0.2) is 11.7 Å². The highest BCUT2D eigenvalue weighted by Gasteiger charge is 2.16. The highest BCUT2D eigenvalue weighted by Crippen LogP contribution is 2.37. The van der Waals surface area contributed by atoms with Gasteiger partial charge in [-0.25, -0.2) is 0 Å². The highest BCUT2D eigenvalue weighted by molar-refractivity contribution is 9.10. The number of hydrogen-bond donors (Lipinski definition) is 1. The van der Waals surface area contributed by atoms with E-state index < -0.39 is 4.92 Å². The first kappa shape index (κ1) is 13.7. The number of nitro benzene ring substituents is 1. The highest BCUT2D eigenvalue weighted by atomic mass is 79.9. The van der Waals surface area contributed by atoms with Gasteiger partial charge in [0.25, 0.3) is 5.69 Å². The molecule has 0 unspecified atom stereocenters. The average molecular weight is 351 g/mol. The largest absolute Gasteiger partial charge is 0.454 e. The molecule has 1 aliphatic heterocycles. The monoisotopic (exact) mass is 350 g/mol. The van der Waals surface area contributed by atoms with Gasteiger partial charge in [-0.15, -0.1) is 0 Å². The van der Waals surface area contributed by atoms with Gasteiger partial charge in [0, 0.05) is 28.8 Å². The van der Waals surface area contributed by atoms with Gasteiger partial charge in [-0.2, -0.15) is 0 Å². The molecule has 0 aromatic heterocycles. The maximum absolute atomic E-state index is 10.7. The summed E-state index contributed by atoms with van der Waals surface area (Å²) in [4.78, 5) is 10.3. The molecule has 0 radical (unpaired) electrons. The normalized spacial score (nSPS) is 12.2. The Bertz CT molecular complexity index is 705. The lowest BCUT2D eigenvalue weighted by Gasteiger charge is -2.09. The summed E-state index contributed by atoms with van der Waals surface area (Å²) < 4.78 is 11.5. The number of anilines is 1. The number of halogens is 1. The number of ether oxygens (including phenoxy) is 2. The van der Waals surface area contributed by atoms with E-state index in [0.717, 1.165) is 10.0 Å². The molecule has 0 amide bonds. The van der Waals surface area contributed by atoms with Crippen LogP contribution in [0.1, 0.15) is 5.56 Å². The Morgan fingerprint density at radius 2 is 2.00 bits per heavy atom. The topological polar surface area (TPSA) is 73.6 Å². The quantitative estimate of drug-likeness (QED) is 0.672. The average Bonchev–Trinajstić information content (AvgIpc) is 2.92. The summed E-state index contributed by atoms with van der Waals surface area (Å²) in [6, 6.07) is 10.1. The van der Waals surface area contributed by atoms with Crippen LogP contribution in [0.3, 0.4) is 0 Å². The van der Waals surface area contributed by atoms with Crippen LogP contribution in [0.5, 0.6) is 11.5 Å². The number of rotatable bonds is 4. The van der Waals surface area contributed by atoms with Crippen molar-refractivity contribution in [3.05, 3.63) is 56.5 Å². The van der Waals surface area contributed by atoms with Crippen molar-refractivity contribution >= 4 is 27.3 Å². The second kappa shape index (κ2) is 5.61. The maximum Gasteiger partial charge on any atom is 0.271 e. The minimum atomic E-state index is -0.415. The first-order chi connectivity index (χ1) is 10.1. The first-order valence-electron chi connectivity index (χ1n) is 6.20. The van der Waals surface area contributed by atoms with Crippen molar-refractivity contribution in [1.29, 1.82) is 0 Å². The predicted molar refractivity (Wildman–Crippen MR) is 80.7 cm³/mol. The number of nitrogens with zero attached hydrogens (tertiary/aromatic N) is 1.